The van der Waals surface area contributed by atoms with Gasteiger partial charge >= 0.3 is 0 Å². The number of fused-ring (bicyclic) bond motifs is 1. The highest BCUT2D eigenvalue weighted by Crippen LogP contribution is 2.18. The third-order valence-corrected chi connectivity index (χ3v) is 2.85. The molecule has 1 amide bonds. The van der Waals surface area contributed by atoms with Crippen molar-refractivity contribution >= 4 is 16.9 Å². The van der Waals surface area contributed by atoms with Crippen molar-refractivity contribution in [2.45, 2.75) is 33.7 Å². The van der Waals surface area contributed by atoms with Gasteiger partial charge in [0.05, 0.1) is 17.1 Å². The van der Waals surface area contributed by atoms with Gasteiger partial charge in [-0.3, -0.25) is 4.79 Å². The van der Waals surface area contributed by atoms with E-state index < -0.39 is 0 Å². The Morgan fingerprint density at radius 2 is 2.00 bits per heavy atom. The standard InChI is InChI=1S/C14H19N3O/c1-9(15-13(18)14(2,3)4)12-16-10-7-5-6-8-11(10)17-12/h5-9H,1-4H3,(H,15,18)(H,16,17)/t9-/m1/s1. The molecule has 0 aliphatic rings. The molecule has 96 valence electrons. The average Bonchev–Trinajstić information content (AvgIpc) is 2.71. The van der Waals surface area contributed by atoms with E-state index in [2.05, 4.69) is 15.3 Å². The molecule has 0 saturated carbocycles. The lowest BCUT2D eigenvalue weighted by atomic mass is 9.95. The minimum absolute atomic E-state index is 0.0236. The number of H-pyrrole nitrogens is 1. The van der Waals surface area contributed by atoms with E-state index in [1.54, 1.807) is 0 Å². The quantitative estimate of drug-likeness (QED) is 0.854. The lowest BCUT2D eigenvalue weighted by molar-refractivity contribution is -0.129. The van der Waals surface area contributed by atoms with Crippen LogP contribution < -0.4 is 5.32 Å². The third kappa shape index (κ3) is 2.53. The second-order valence-corrected chi connectivity index (χ2v) is 5.58. The molecule has 1 aromatic carbocycles. The van der Waals surface area contributed by atoms with E-state index in [1.165, 1.54) is 0 Å². The Kier molecular flexibility index (Phi) is 3.11. The van der Waals surface area contributed by atoms with Crippen molar-refractivity contribution in [3.05, 3.63) is 30.1 Å². The molecular weight excluding hydrogens is 226 g/mol. The molecular formula is C14H19N3O. The normalized spacial score (nSPS) is 13.6. The van der Waals surface area contributed by atoms with E-state index in [9.17, 15) is 4.79 Å². The molecule has 1 aromatic heterocycles. The van der Waals surface area contributed by atoms with Crippen LogP contribution in [0.3, 0.4) is 0 Å². The average molecular weight is 245 g/mol. The van der Waals surface area contributed by atoms with Crippen molar-refractivity contribution in [2.24, 2.45) is 5.41 Å². The second-order valence-electron chi connectivity index (χ2n) is 5.58. The first-order chi connectivity index (χ1) is 8.38. The first-order valence-corrected chi connectivity index (χ1v) is 6.13. The van der Waals surface area contributed by atoms with Crippen LogP contribution in [0.25, 0.3) is 11.0 Å². The molecule has 0 unspecified atom stereocenters. The number of aromatic amines is 1. The number of nitrogens with zero attached hydrogens (tertiary/aromatic N) is 1. The molecule has 0 bridgehead atoms. The molecule has 0 aliphatic heterocycles. The van der Waals surface area contributed by atoms with Gasteiger partial charge in [-0.2, -0.15) is 0 Å². The molecule has 0 saturated heterocycles. The lowest BCUT2D eigenvalue weighted by Crippen LogP contribution is -2.36. The van der Waals surface area contributed by atoms with E-state index in [0.29, 0.717) is 0 Å². The van der Waals surface area contributed by atoms with Gasteiger partial charge in [0.2, 0.25) is 5.91 Å². The number of carbonyl (C=O) groups excluding carboxylic acids is 1. The number of carbonyl (C=O) groups is 1. The van der Waals surface area contributed by atoms with Crippen molar-refractivity contribution < 1.29 is 4.79 Å². The monoisotopic (exact) mass is 245 g/mol. The zero-order valence-corrected chi connectivity index (χ0v) is 11.2. The van der Waals surface area contributed by atoms with Gasteiger partial charge in [-0.25, -0.2) is 4.98 Å². The van der Waals surface area contributed by atoms with Crippen LogP contribution in [0.4, 0.5) is 0 Å². The highest BCUT2D eigenvalue weighted by atomic mass is 16.2. The fraction of sp³-hybridized carbons (Fsp3) is 0.429. The molecule has 0 fully saturated rings. The Labute approximate surface area is 107 Å². The maximum Gasteiger partial charge on any atom is 0.225 e. The summed E-state index contributed by atoms with van der Waals surface area (Å²) in [6, 6.07) is 7.72. The van der Waals surface area contributed by atoms with Gasteiger partial charge in [0.1, 0.15) is 5.82 Å². The Morgan fingerprint density at radius 1 is 1.33 bits per heavy atom. The van der Waals surface area contributed by atoms with E-state index in [-0.39, 0.29) is 17.4 Å². The number of aromatic nitrogens is 2. The highest BCUT2D eigenvalue weighted by molar-refractivity contribution is 5.82. The molecule has 0 aliphatic carbocycles. The number of nitrogens with one attached hydrogen (secondary N) is 2. The van der Waals surface area contributed by atoms with Gasteiger partial charge in [0.25, 0.3) is 0 Å². The zero-order chi connectivity index (χ0) is 13.3. The van der Waals surface area contributed by atoms with E-state index >= 15 is 0 Å². The maximum atomic E-state index is 11.9. The molecule has 0 radical (unpaired) electrons. The Morgan fingerprint density at radius 3 is 2.61 bits per heavy atom. The lowest BCUT2D eigenvalue weighted by Gasteiger charge is -2.20. The van der Waals surface area contributed by atoms with Crippen LogP contribution in [0, 0.1) is 5.41 Å². The Hall–Kier alpha value is -1.84. The van der Waals surface area contributed by atoms with Crippen molar-refractivity contribution in [3.8, 4) is 0 Å². The van der Waals surface area contributed by atoms with Gasteiger partial charge in [-0.1, -0.05) is 32.9 Å². The minimum atomic E-state index is -0.389. The smallest absolute Gasteiger partial charge is 0.225 e. The SMILES string of the molecule is C[C@@H](NC(=O)C(C)(C)C)c1nc2ccccc2[nH]1. The number of rotatable bonds is 2. The third-order valence-electron chi connectivity index (χ3n) is 2.85. The van der Waals surface area contributed by atoms with E-state index in [4.69, 9.17) is 0 Å². The van der Waals surface area contributed by atoms with Crippen LogP contribution in [0.1, 0.15) is 39.6 Å². The molecule has 4 nitrogen and oxygen atoms in total. The summed E-state index contributed by atoms with van der Waals surface area (Å²) in [6.07, 6.45) is 0. The number of amides is 1. The summed E-state index contributed by atoms with van der Waals surface area (Å²) in [5.41, 5.74) is 1.52. The Balaban J connectivity index is 2.18. The summed E-state index contributed by atoms with van der Waals surface area (Å²) >= 11 is 0. The van der Waals surface area contributed by atoms with Crippen LogP contribution in [0.2, 0.25) is 0 Å². The van der Waals surface area contributed by atoms with Gasteiger partial charge in [-0.05, 0) is 19.1 Å². The largest absolute Gasteiger partial charge is 0.346 e. The van der Waals surface area contributed by atoms with Crippen molar-refractivity contribution in [1.29, 1.82) is 0 Å². The van der Waals surface area contributed by atoms with Gasteiger partial charge in [0.15, 0.2) is 0 Å². The second kappa shape index (κ2) is 4.44. The van der Waals surface area contributed by atoms with Crippen molar-refractivity contribution in [2.75, 3.05) is 0 Å². The minimum Gasteiger partial charge on any atom is -0.346 e. The molecule has 4 heteroatoms. The summed E-state index contributed by atoms with van der Waals surface area (Å²) in [4.78, 5) is 19.6. The van der Waals surface area contributed by atoms with Gasteiger partial charge in [-0.15, -0.1) is 0 Å². The molecule has 1 heterocycles. The fourth-order valence-corrected chi connectivity index (χ4v) is 1.66. The molecule has 2 rings (SSSR count). The zero-order valence-electron chi connectivity index (χ0n) is 11.2. The molecule has 2 N–H and O–H groups in total. The highest BCUT2D eigenvalue weighted by Gasteiger charge is 2.23. The Bertz CT molecular complexity index is 533. The topological polar surface area (TPSA) is 57.8 Å². The number of para-hydroxylation sites is 2. The van der Waals surface area contributed by atoms with Crippen LogP contribution >= 0.6 is 0 Å². The summed E-state index contributed by atoms with van der Waals surface area (Å²) < 4.78 is 0. The summed E-state index contributed by atoms with van der Waals surface area (Å²) in [7, 11) is 0. The van der Waals surface area contributed by atoms with Crippen molar-refractivity contribution in [1.82, 2.24) is 15.3 Å². The summed E-state index contributed by atoms with van der Waals surface area (Å²) in [5.74, 6) is 0.809. The van der Waals surface area contributed by atoms with Gasteiger partial charge in [0, 0.05) is 5.41 Å². The van der Waals surface area contributed by atoms with Crippen LogP contribution in [0.15, 0.2) is 24.3 Å². The number of hydrogen-bond donors (Lipinski definition) is 2. The first-order valence-electron chi connectivity index (χ1n) is 6.13. The van der Waals surface area contributed by atoms with E-state index in [0.717, 1.165) is 16.9 Å². The van der Waals surface area contributed by atoms with Crippen LogP contribution in [-0.2, 0) is 4.79 Å². The molecule has 0 spiro atoms. The predicted molar refractivity (Wildman–Crippen MR) is 72.1 cm³/mol. The summed E-state index contributed by atoms with van der Waals surface area (Å²) in [5, 5.41) is 2.96. The molecule has 18 heavy (non-hydrogen) atoms. The molecule has 1 atom stereocenters. The van der Waals surface area contributed by atoms with Crippen molar-refractivity contribution in [3.63, 3.8) is 0 Å². The number of benzene rings is 1. The maximum absolute atomic E-state index is 11.9. The van der Waals surface area contributed by atoms with Crippen LogP contribution in [0.5, 0.6) is 0 Å². The number of hydrogen-bond acceptors (Lipinski definition) is 2. The molecule has 2 aromatic rings. The fourth-order valence-electron chi connectivity index (χ4n) is 1.66. The van der Waals surface area contributed by atoms with E-state index in [1.807, 2.05) is 52.0 Å². The number of imidazole rings is 1. The van der Waals surface area contributed by atoms with Crippen LogP contribution in [-0.4, -0.2) is 15.9 Å². The van der Waals surface area contributed by atoms with Gasteiger partial charge < -0.3 is 10.3 Å². The summed E-state index contributed by atoms with van der Waals surface area (Å²) in [6.45, 7) is 7.62. The first kappa shape index (κ1) is 12.6. The predicted octanol–water partition coefficient (Wildman–Crippen LogP) is 2.79.